The molecular weight excluding hydrogens is 364 g/mol. The van der Waals surface area contributed by atoms with E-state index in [-0.39, 0.29) is 17.4 Å². The van der Waals surface area contributed by atoms with Gasteiger partial charge < -0.3 is 4.90 Å². The minimum absolute atomic E-state index is 0.212. The molecule has 0 bridgehead atoms. The quantitative estimate of drug-likeness (QED) is 0.624. The van der Waals surface area contributed by atoms with Gasteiger partial charge in [-0.2, -0.15) is 0 Å². The van der Waals surface area contributed by atoms with Gasteiger partial charge in [0, 0.05) is 17.8 Å². The van der Waals surface area contributed by atoms with Crippen LogP contribution >= 0.6 is 0 Å². The van der Waals surface area contributed by atoms with E-state index in [1.807, 2.05) is 56.3 Å². The Morgan fingerprint density at radius 2 is 1.52 bits per heavy atom. The van der Waals surface area contributed by atoms with Gasteiger partial charge in [0.05, 0.1) is 16.8 Å². The summed E-state index contributed by atoms with van der Waals surface area (Å²) in [5.41, 5.74) is 3.13. The number of amides is 3. The molecule has 0 saturated heterocycles. The Balaban J connectivity index is 1.71. The SMILES string of the molecule is CCN(C(=O)c1ccc2c(c1)C(=O)N(c1ccccc1C)C2=O)c1ccccc1. The van der Waals surface area contributed by atoms with Crippen LogP contribution in [0.5, 0.6) is 0 Å². The lowest BCUT2D eigenvalue weighted by molar-refractivity contribution is 0.0925. The normalized spacial score (nSPS) is 12.8. The molecule has 0 saturated carbocycles. The molecule has 0 fully saturated rings. The van der Waals surface area contributed by atoms with Crippen LogP contribution in [0, 0.1) is 6.92 Å². The lowest BCUT2D eigenvalue weighted by Crippen LogP contribution is -2.31. The third-order valence-corrected chi connectivity index (χ3v) is 5.12. The summed E-state index contributed by atoms with van der Waals surface area (Å²) in [5.74, 6) is -0.985. The van der Waals surface area contributed by atoms with Gasteiger partial charge in [-0.15, -0.1) is 0 Å². The van der Waals surface area contributed by atoms with Crippen molar-refractivity contribution in [3.05, 3.63) is 95.1 Å². The van der Waals surface area contributed by atoms with Crippen molar-refractivity contribution in [1.29, 1.82) is 0 Å². The fourth-order valence-corrected chi connectivity index (χ4v) is 3.61. The third kappa shape index (κ3) is 3.10. The van der Waals surface area contributed by atoms with Gasteiger partial charge in [0.25, 0.3) is 17.7 Å². The van der Waals surface area contributed by atoms with E-state index in [1.54, 1.807) is 29.2 Å². The summed E-state index contributed by atoms with van der Waals surface area (Å²) in [6.07, 6.45) is 0. The fourth-order valence-electron chi connectivity index (χ4n) is 3.61. The molecule has 0 aromatic heterocycles. The van der Waals surface area contributed by atoms with Gasteiger partial charge in [-0.3, -0.25) is 14.4 Å². The number of aryl methyl sites for hydroxylation is 1. The first-order valence-electron chi connectivity index (χ1n) is 9.48. The highest BCUT2D eigenvalue weighted by atomic mass is 16.2. The van der Waals surface area contributed by atoms with Gasteiger partial charge in [-0.05, 0) is 55.8 Å². The van der Waals surface area contributed by atoms with E-state index in [1.165, 1.54) is 11.0 Å². The summed E-state index contributed by atoms with van der Waals surface area (Å²) >= 11 is 0. The number of rotatable bonds is 4. The number of carbonyl (C=O) groups is 3. The summed E-state index contributed by atoms with van der Waals surface area (Å²) < 4.78 is 0. The number of para-hydroxylation sites is 2. The van der Waals surface area contributed by atoms with Crippen LogP contribution < -0.4 is 9.80 Å². The second-order valence-electron chi connectivity index (χ2n) is 6.88. The van der Waals surface area contributed by atoms with Crippen LogP contribution in [0.25, 0.3) is 0 Å². The molecule has 3 aromatic rings. The number of fused-ring (bicyclic) bond motifs is 1. The Kier molecular flexibility index (Phi) is 4.72. The molecule has 3 aromatic carbocycles. The monoisotopic (exact) mass is 384 g/mol. The Morgan fingerprint density at radius 1 is 0.862 bits per heavy atom. The van der Waals surface area contributed by atoms with Crippen molar-refractivity contribution in [1.82, 2.24) is 0 Å². The smallest absolute Gasteiger partial charge is 0.266 e. The fraction of sp³-hybridized carbons (Fsp3) is 0.125. The Bertz CT molecular complexity index is 1120. The lowest BCUT2D eigenvalue weighted by Gasteiger charge is -2.21. The number of anilines is 2. The zero-order valence-electron chi connectivity index (χ0n) is 16.3. The van der Waals surface area contributed by atoms with E-state index >= 15 is 0 Å². The highest BCUT2D eigenvalue weighted by molar-refractivity contribution is 6.35. The second kappa shape index (κ2) is 7.36. The zero-order chi connectivity index (χ0) is 20.5. The minimum atomic E-state index is -0.406. The highest BCUT2D eigenvalue weighted by Crippen LogP contribution is 2.31. The molecule has 4 rings (SSSR count). The first-order chi connectivity index (χ1) is 14.0. The van der Waals surface area contributed by atoms with Gasteiger partial charge in [-0.25, -0.2) is 4.90 Å². The molecule has 0 atom stereocenters. The summed E-state index contributed by atoms with van der Waals surface area (Å²) in [6.45, 7) is 4.24. The van der Waals surface area contributed by atoms with Crippen molar-refractivity contribution in [3.63, 3.8) is 0 Å². The zero-order valence-corrected chi connectivity index (χ0v) is 16.3. The van der Waals surface area contributed by atoms with Crippen LogP contribution in [-0.4, -0.2) is 24.3 Å². The molecule has 0 aliphatic carbocycles. The predicted molar refractivity (Wildman–Crippen MR) is 113 cm³/mol. The van der Waals surface area contributed by atoms with E-state index < -0.39 is 5.91 Å². The number of carbonyl (C=O) groups excluding carboxylic acids is 3. The number of hydrogen-bond acceptors (Lipinski definition) is 3. The highest BCUT2D eigenvalue weighted by Gasteiger charge is 2.38. The molecule has 0 spiro atoms. The van der Waals surface area contributed by atoms with Crippen LogP contribution in [-0.2, 0) is 0 Å². The summed E-state index contributed by atoms with van der Waals surface area (Å²) in [7, 11) is 0. The van der Waals surface area contributed by atoms with Gasteiger partial charge in [0.1, 0.15) is 0 Å². The molecule has 1 aliphatic heterocycles. The molecule has 1 heterocycles. The van der Waals surface area contributed by atoms with Crippen LogP contribution in [0.15, 0.2) is 72.8 Å². The van der Waals surface area contributed by atoms with Gasteiger partial charge >= 0.3 is 0 Å². The van der Waals surface area contributed by atoms with Gasteiger partial charge in [0.15, 0.2) is 0 Å². The summed E-state index contributed by atoms with van der Waals surface area (Å²) in [6, 6.07) is 21.3. The molecule has 3 amide bonds. The molecule has 144 valence electrons. The number of imide groups is 1. The van der Waals surface area contributed by atoms with Crippen molar-refractivity contribution < 1.29 is 14.4 Å². The van der Waals surface area contributed by atoms with E-state index in [0.717, 1.165) is 11.3 Å². The lowest BCUT2D eigenvalue weighted by atomic mass is 10.0. The number of nitrogens with zero attached hydrogens (tertiary/aromatic N) is 2. The van der Waals surface area contributed by atoms with E-state index in [9.17, 15) is 14.4 Å². The molecular formula is C24H20N2O3. The minimum Gasteiger partial charge on any atom is -0.309 e. The average molecular weight is 384 g/mol. The Hall–Kier alpha value is -3.73. The van der Waals surface area contributed by atoms with Gasteiger partial charge in [-0.1, -0.05) is 36.4 Å². The van der Waals surface area contributed by atoms with Crippen LogP contribution in [0.4, 0.5) is 11.4 Å². The average Bonchev–Trinajstić information content (AvgIpc) is 2.99. The Labute approximate surface area is 169 Å². The molecule has 0 N–H and O–H groups in total. The van der Waals surface area contributed by atoms with E-state index in [0.29, 0.717) is 23.4 Å². The van der Waals surface area contributed by atoms with E-state index in [4.69, 9.17) is 0 Å². The van der Waals surface area contributed by atoms with Crippen molar-refractivity contribution in [2.75, 3.05) is 16.3 Å². The summed E-state index contributed by atoms with van der Waals surface area (Å²) in [5, 5.41) is 0. The standard InChI is InChI=1S/C24H20N2O3/c1-3-25(18-10-5-4-6-11-18)22(27)17-13-14-19-20(15-17)24(29)26(23(19)28)21-12-8-7-9-16(21)2/h4-15H,3H2,1-2H3. The molecule has 29 heavy (non-hydrogen) atoms. The maximum absolute atomic E-state index is 13.1. The number of hydrogen-bond donors (Lipinski definition) is 0. The molecule has 5 nitrogen and oxygen atoms in total. The van der Waals surface area contributed by atoms with Crippen LogP contribution in [0.1, 0.15) is 43.6 Å². The topological polar surface area (TPSA) is 57.7 Å². The van der Waals surface area contributed by atoms with Crippen LogP contribution in [0.3, 0.4) is 0 Å². The van der Waals surface area contributed by atoms with Crippen molar-refractivity contribution >= 4 is 29.1 Å². The predicted octanol–water partition coefficient (Wildman–Crippen LogP) is 4.46. The van der Waals surface area contributed by atoms with Crippen LogP contribution in [0.2, 0.25) is 0 Å². The first kappa shape index (κ1) is 18.6. The first-order valence-corrected chi connectivity index (χ1v) is 9.48. The largest absolute Gasteiger partial charge is 0.309 e. The van der Waals surface area contributed by atoms with Crippen molar-refractivity contribution in [2.45, 2.75) is 13.8 Å². The molecule has 5 heteroatoms. The van der Waals surface area contributed by atoms with Gasteiger partial charge in [0.2, 0.25) is 0 Å². The summed E-state index contributed by atoms with van der Waals surface area (Å²) in [4.78, 5) is 41.8. The van der Waals surface area contributed by atoms with Crippen molar-refractivity contribution in [2.24, 2.45) is 0 Å². The second-order valence-corrected chi connectivity index (χ2v) is 6.88. The molecule has 1 aliphatic rings. The molecule has 0 unspecified atom stereocenters. The Morgan fingerprint density at radius 3 is 2.21 bits per heavy atom. The maximum atomic E-state index is 13.1. The molecule has 0 radical (unpaired) electrons. The maximum Gasteiger partial charge on any atom is 0.266 e. The van der Waals surface area contributed by atoms with Crippen molar-refractivity contribution in [3.8, 4) is 0 Å². The van der Waals surface area contributed by atoms with E-state index in [2.05, 4.69) is 0 Å². The number of benzene rings is 3. The third-order valence-electron chi connectivity index (χ3n) is 5.12.